The second-order valence-corrected chi connectivity index (χ2v) is 4.10. The third-order valence-corrected chi connectivity index (χ3v) is 3.40. The van der Waals surface area contributed by atoms with E-state index in [4.69, 9.17) is 5.73 Å². The average molecular weight is 220 g/mol. The van der Waals surface area contributed by atoms with E-state index in [1.54, 1.807) is 11.3 Å². The Labute approximate surface area is 90.8 Å². The van der Waals surface area contributed by atoms with Crippen molar-refractivity contribution >= 4 is 23.7 Å². The lowest BCUT2D eigenvalue weighted by atomic mass is 9.94. The molecule has 1 heterocycles. The topological polar surface area (TPSA) is 26.0 Å². The molecule has 3 heteroatoms. The number of halogens is 1. The van der Waals surface area contributed by atoms with E-state index in [2.05, 4.69) is 31.4 Å². The number of hydrogen-bond acceptors (Lipinski definition) is 2. The molecule has 1 atom stereocenters. The minimum atomic E-state index is 0. The van der Waals surface area contributed by atoms with Gasteiger partial charge in [-0.2, -0.15) is 0 Å². The van der Waals surface area contributed by atoms with Gasteiger partial charge in [-0.05, 0) is 17.4 Å². The third kappa shape index (κ3) is 3.29. The van der Waals surface area contributed by atoms with Crippen LogP contribution in [0.3, 0.4) is 0 Å². The zero-order valence-electron chi connectivity index (χ0n) is 8.19. The predicted molar refractivity (Wildman–Crippen MR) is 62.6 cm³/mol. The molecule has 1 unspecified atom stereocenters. The van der Waals surface area contributed by atoms with Crippen LogP contribution in [0.5, 0.6) is 0 Å². The van der Waals surface area contributed by atoms with Crippen molar-refractivity contribution in [2.45, 2.75) is 32.7 Å². The van der Waals surface area contributed by atoms with E-state index in [1.165, 1.54) is 17.7 Å². The molecule has 1 rings (SSSR count). The van der Waals surface area contributed by atoms with Crippen molar-refractivity contribution in [3.05, 3.63) is 22.4 Å². The molecule has 0 amide bonds. The van der Waals surface area contributed by atoms with Crippen LogP contribution >= 0.6 is 23.7 Å². The molecule has 0 aliphatic carbocycles. The summed E-state index contributed by atoms with van der Waals surface area (Å²) in [7, 11) is 0. The Kier molecular flexibility index (Phi) is 6.39. The van der Waals surface area contributed by atoms with Crippen molar-refractivity contribution in [3.8, 4) is 0 Å². The summed E-state index contributed by atoms with van der Waals surface area (Å²) in [6.45, 7) is 4.42. The quantitative estimate of drug-likeness (QED) is 0.823. The molecule has 0 radical (unpaired) electrons. The smallest absolute Gasteiger partial charge is 0.0418 e. The standard InChI is InChI=1S/C10H17NS.ClH/c1-3-8(4-2)10(11)9-6-5-7-12-9;/h5-8,10H,3-4,11H2,1-2H3;1H. The van der Waals surface area contributed by atoms with Gasteiger partial charge in [0, 0.05) is 10.9 Å². The fourth-order valence-electron chi connectivity index (χ4n) is 1.51. The maximum Gasteiger partial charge on any atom is 0.0418 e. The molecule has 13 heavy (non-hydrogen) atoms. The second-order valence-electron chi connectivity index (χ2n) is 3.12. The van der Waals surface area contributed by atoms with Gasteiger partial charge in [0.25, 0.3) is 0 Å². The Morgan fingerprint density at radius 1 is 1.38 bits per heavy atom. The van der Waals surface area contributed by atoms with Crippen molar-refractivity contribution in [1.82, 2.24) is 0 Å². The molecule has 1 aromatic heterocycles. The summed E-state index contributed by atoms with van der Waals surface area (Å²) >= 11 is 1.77. The lowest BCUT2D eigenvalue weighted by Gasteiger charge is -2.19. The number of hydrogen-bond donors (Lipinski definition) is 1. The van der Waals surface area contributed by atoms with Crippen LogP contribution in [0, 0.1) is 5.92 Å². The maximum atomic E-state index is 6.12. The second kappa shape index (κ2) is 6.41. The highest BCUT2D eigenvalue weighted by Gasteiger charge is 2.16. The lowest BCUT2D eigenvalue weighted by molar-refractivity contribution is 0.410. The fraction of sp³-hybridized carbons (Fsp3) is 0.600. The van der Waals surface area contributed by atoms with Gasteiger partial charge in [0.2, 0.25) is 0 Å². The van der Waals surface area contributed by atoms with E-state index >= 15 is 0 Å². The molecular weight excluding hydrogens is 202 g/mol. The molecule has 0 aliphatic rings. The van der Waals surface area contributed by atoms with Crippen molar-refractivity contribution in [2.24, 2.45) is 11.7 Å². The summed E-state index contributed by atoms with van der Waals surface area (Å²) in [5, 5.41) is 2.09. The van der Waals surface area contributed by atoms with Crippen LogP contribution in [0.4, 0.5) is 0 Å². The Balaban J connectivity index is 0.00000144. The van der Waals surface area contributed by atoms with Crippen molar-refractivity contribution in [2.75, 3.05) is 0 Å². The minimum absolute atomic E-state index is 0. The first-order valence-electron chi connectivity index (χ1n) is 4.58. The SMILES string of the molecule is CCC(CC)C(N)c1cccs1.Cl. The molecule has 0 bridgehead atoms. The highest BCUT2D eigenvalue weighted by atomic mass is 35.5. The number of rotatable bonds is 4. The van der Waals surface area contributed by atoms with Gasteiger partial charge in [-0.15, -0.1) is 23.7 Å². The summed E-state index contributed by atoms with van der Waals surface area (Å²) in [6.07, 6.45) is 2.35. The lowest BCUT2D eigenvalue weighted by Crippen LogP contribution is -2.19. The van der Waals surface area contributed by atoms with Crippen LogP contribution < -0.4 is 5.73 Å². The summed E-state index contributed by atoms with van der Waals surface area (Å²) in [5.74, 6) is 0.642. The largest absolute Gasteiger partial charge is 0.323 e. The fourth-order valence-corrected chi connectivity index (χ4v) is 2.33. The van der Waals surface area contributed by atoms with E-state index in [1.807, 2.05) is 0 Å². The molecule has 0 aliphatic heterocycles. The molecule has 0 aromatic carbocycles. The zero-order chi connectivity index (χ0) is 8.97. The molecule has 0 spiro atoms. The first-order valence-corrected chi connectivity index (χ1v) is 5.46. The van der Waals surface area contributed by atoms with Gasteiger partial charge in [0.1, 0.15) is 0 Å². The Morgan fingerprint density at radius 3 is 2.38 bits per heavy atom. The van der Waals surface area contributed by atoms with Crippen molar-refractivity contribution < 1.29 is 0 Å². The Morgan fingerprint density at radius 2 is 2.00 bits per heavy atom. The van der Waals surface area contributed by atoms with Crippen molar-refractivity contribution in [1.29, 1.82) is 0 Å². The maximum absolute atomic E-state index is 6.12. The summed E-state index contributed by atoms with van der Waals surface area (Å²) < 4.78 is 0. The van der Waals surface area contributed by atoms with Crippen LogP contribution in [-0.2, 0) is 0 Å². The monoisotopic (exact) mass is 219 g/mol. The molecule has 1 nitrogen and oxygen atoms in total. The summed E-state index contributed by atoms with van der Waals surface area (Å²) in [4.78, 5) is 1.32. The van der Waals surface area contributed by atoms with E-state index < -0.39 is 0 Å². The molecule has 0 saturated heterocycles. The normalized spacial score (nSPS) is 12.6. The zero-order valence-corrected chi connectivity index (χ0v) is 9.83. The first kappa shape index (κ1) is 12.9. The van der Waals surface area contributed by atoms with Crippen LogP contribution in [0.2, 0.25) is 0 Å². The number of nitrogens with two attached hydrogens (primary N) is 1. The molecule has 2 N–H and O–H groups in total. The van der Waals surface area contributed by atoms with Gasteiger partial charge >= 0.3 is 0 Å². The van der Waals surface area contributed by atoms with Crippen molar-refractivity contribution in [3.63, 3.8) is 0 Å². The van der Waals surface area contributed by atoms with Gasteiger partial charge in [0.05, 0.1) is 0 Å². The van der Waals surface area contributed by atoms with Crippen LogP contribution in [-0.4, -0.2) is 0 Å². The Bertz CT molecular complexity index is 207. The van der Waals surface area contributed by atoms with Crippen LogP contribution in [0.15, 0.2) is 17.5 Å². The Hall–Kier alpha value is -0.0500. The highest BCUT2D eigenvalue weighted by Crippen LogP contribution is 2.27. The van der Waals surface area contributed by atoms with Gasteiger partial charge in [-0.3, -0.25) is 0 Å². The average Bonchev–Trinajstić information content (AvgIpc) is 2.58. The van der Waals surface area contributed by atoms with Gasteiger partial charge in [-0.25, -0.2) is 0 Å². The molecule has 76 valence electrons. The minimum Gasteiger partial charge on any atom is -0.323 e. The molecular formula is C10H18ClNS. The van der Waals surface area contributed by atoms with Crippen LogP contribution in [0.25, 0.3) is 0 Å². The van der Waals surface area contributed by atoms with Gasteiger partial charge in [0.15, 0.2) is 0 Å². The summed E-state index contributed by atoms with van der Waals surface area (Å²) in [5.41, 5.74) is 6.12. The van der Waals surface area contributed by atoms with Gasteiger partial charge in [-0.1, -0.05) is 32.8 Å². The van der Waals surface area contributed by atoms with E-state index in [0.29, 0.717) is 5.92 Å². The number of thiophene rings is 1. The van der Waals surface area contributed by atoms with E-state index in [-0.39, 0.29) is 18.4 Å². The van der Waals surface area contributed by atoms with Crippen LogP contribution in [0.1, 0.15) is 37.6 Å². The van der Waals surface area contributed by atoms with E-state index in [0.717, 1.165) is 0 Å². The third-order valence-electron chi connectivity index (χ3n) is 2.43. The first-order chi connectivity index (χ1) is 5.79. The predicted octanol–water partition coefficient (Wildman–Crippen LogP) is 3.61. The molecule has 1 aromatic rings. The summed E-state index contributed by atoms with van der Waals surface area (Å²) in [6, 6.07) is 4.45. The van der Waals surface area contributed by atoms with E-state index in [9.17, 15) is 0 Å². The van der Waals surface area contributed by atoms with Gasteiger partial charge < -0.3 is 5.73 Å². The molecule has 0 fully saturated rings. The highest BCUT2D eigenvalue weighted by molar-refractivity contribution is 7.10. The molecule has 0 saturated carbocycles.